The average Bonchev–Trinajstić information content (AvgIpc) is 2.87. The van der Waals surface area contributed by atoms with Crippen LogP contribution in [0.5, 0.6) is 0 Å². The molecular formula is C27H36N6O3S. The van der Waals surface area contributed by atoms with Gasteiger partial charge in [-0.25, -0.2) is 9.97 Å². The van der Waals surface area contributed by atoms with Crippen molar-refractivity contribution in [1.29, 1.82) is 0 Å². The molecule has 3 aromatic rings. The number of aliphatic hydroxyl groups is 1. The van der Waals surface area contributed by atoms with E-state index in [1.54, 1.807) is 18.2 Å². The van der Waals surface area contributed by atoms with Gasteiger partial charge in [0.1, 0.15) is 10.6 Å². The third-order valence-corrected chi connectivity index (χ3v) is 8.89. The predicted molar refractivity (Wildman–Crippen MR) is 151 cm³/mol. The Morgan fingerprint density at radius 1 is 1.03 bits per heavy atom. The molecule has 0 amide bonds. The van der Waals surface area contributed by atoms with Crippen LogP contribution in [-0.4, -0.2) is 68.9 Å². The number of piperazine rings is 1. The van der Waals surface area contributed by atoms with Gasteiger partial charge in [-0.15, -0.1) is 0 Å². The zero-order valence-electron chi connectivity index (χ0n) is 21.8. The number of nitrogens with zero attached hydrogens (tertiary/aromatic N) is 5. The van der Waals surface area contributed by atoms with E-state index in [9.17, 15) is 14.2 Å². The van der Waals surface area contributed by atoms with Crippen molar-refractivity contribution in [2.45, 2.75) is 37.7 Å². The maximum atomic E-state index is 11.3. The first-order valence-electron chi connectivity index (χ1n) is 12.7. The average molecular weight is 525 g/mol. The van der Waals surface area contributed by atoms with Gasteiger partial charge in [-0.1, -0.05) is 29.8 Å². The number of anilines is 4. The number of rotatable bonds is 6. The third kappa shape index (κ3) is 4.99. The van der Waals surface area contributed by atoms with Crippen LogP contribution in [0.15, 0.2) is 53.6 Å². The number of fused-ring (bicyclic) bond motifs is 3. The highest BCUT2D eigenvalue weighted by molar-refractivity contribution is 8.25. The van der Waals surface area contributed by atoms with Crippen LogP contribution in [0.4, 0.5) is 23.0 Å². The number of hydrogen-bond acceptors (Lipinski definition) is 9. The number of aromatic nitrogens is 2. The van der Waals surface area contributed by atoms with E-state index in [0.29, 0.717) is 34.3 Å². The monoisotopic (exact) mass is 524 g/mol. The largest absolute Gasteiger partial charge is 0.386 e. The number of nitrogens with one attached hydrogen (secondary N) is 1. The van der Waals surface area contributed by atoms with Crippen molar-refractivity contribution in [3.8, 4) is 11.3 Å². The molecule has 2 aliphatic heterocycles. The van der Waals surface area contributed by atoms with E-state index in [1.165, 1.54) is 11.9 Å². The van der Waals surface area contributed by atoms with Crippen LogP contribution in [0.2, 0.25) is 0 Å². The Labute approximate surface area is 220 Å². The van der Waals surface area contributed by atoms with Gasteiger partial charge in [0.05, 0.1) is 17.5 Å². The van der Waals surface area contributed by atoms with Crippen molar-refractivity contribution in [2.75, 3.05) is 54.3 Å². The first-order chi connectivity index (χ1) is 17.6. The normalized spacial score (nSPS) is 18.2. The Morgan fingerprint density at radius 2 is 1.73 bits per heavy atom. The van der Waals surface area contributed by atoms with Gasteiger partial charge in [0, 0.05) is 49.7 Å². The van der Waals surface area contributed by atoms with E-state index in [-0.39, 0.29) is 0 Å². The smallest absolute Gasteiger partial charge is 0.227 e. The zero-order chi connectivity index (χ0) is 26.4. The SMILES string of the molecule is CCCN1c2cc(C(C)(C)O)ccc2-c2nc(Nc3ccc(N4CCN(C)CC4)cc3)ncc2S1(O)O. The van der Waals surface area contributed by atoms with E-state index in [4.69, 9.17) is 4.98 Å². The molecular weight excluding hydrogens is 488 g/mol. The van der Waals surface area contributed by atoms with E-state index >= 15 is 0 Å². The summed E-state index contributed by atoms with van der Waals surface area (Å²) in [6, 6.07) is 13.8. The molecule has 0 bridgehead atoms. The van der Waals surface area contributed by atoms with Gasteiger partial charge in [0.15, 0.2) is 0 Å². The van der Waals surface area contributed by atoms with Crippen LogP contribution in [-0.2, 0) is 5.60 Å². The molecule has 198 valence electrons. The fourth-order valence-corrected chi connectivity index (χ4v) is 6.51. The molecule has 0 unspecified atom stereocenters. The van der Waals surface area contributed by atoms with Gasteiger partial charge in [-0.3, -0.25) is 13.4 Å². The Hall–Kier alpha value is -2.89. The molecule has 0 aliphatic carbocycles. The third-order valence-electron chi connectivity index (χ3n) is 7.00. The number of hydrogen-bond donors (Lipinski definition) is 4. The lowest BCUT2D eigenvalue weighted by Gasteiger charge is -2.48. The zero-order valence-corrected chi connectivity index (χ0v) is 22.7. The van der Waals surface area contributed by atoms with E-state index in [2.05, 4.69) is 39.3 Å². The first-order valence-corrected chi connectivity index (χ1v) is 14.2. The molecule has 1 saturated heterocycles. The second-order valence-electron chi connectivity index (χ2n) is 10.3. The van der Waals surface area contributed by atoms with Crippen molar-refractivity contribution >= 4 is 33.8 Å². The Morgan fingerprint density at radius 3 is 2.38 bits per heavy atom. The number of likely N-dealkylation sites (N-methyl/N-ethyl adjacent to an activating group) is 1. The molecule has 5 rings (SSSR count). The van der Waals surface area contributed by atoms with Crippen LogP contribution >= 0.6 is 10.8 Å². The summed E-state index contributed by atoms with van der Waals surface area (Å²) in [6.45, 7) is 9.99. The second kappa shape index (κ2) is 9.77. The highest BCUT2D eigenvalue weighted by Crippen LogP contribution is 2.61. The molecule has 2 aliphatic rings. The fraction of sp³-hybridized carbons (Fsp3) is 0.407. The molecule has 0 spiro atoms. The summed E-state index contributed by atoms with van der Waals surface area (Å²) in [5.74, 6) is 0.378. The van der Waals surface area contributed by atoms with E-state index in [0.717, 1.165) is 43.9 Å². The van der Waals surface area contributed by atoms with Gasteiger partial charge in [-0.05, 0) is 63.2 Å². The lowest BCUT2D eigenvalue weighted by atomic mass is 9.95. The van der Waals surface area contributed by atoms with Crippen molar-refractivity contribution in [3.05, 3.63) is 54.2 Å². The summed E-state index contributed by atoms with van der Waals surface area (Å²) in [5, 5.41) is 13.8. The summed E-state index contributed by atoms with van der Waals surface area (Å²) in [7, 11) is -1.20. The summed E-state index contributed by atoms with van der Waals surface area (Å²) in [5.41, 5.74) is 3.57. The second-order valence-corrected chi connectivity index (χ2v) is 12.2. The number of benzene rings is 2. The Bertz CT molecular complexity index is 1270. The standard InChI is InChI=1S/C27H36N6O3S/c1-5-12-33-23-17-19(27(2,3)34)6-11-22(23)25-24(37(33,35)36)18-28-26(30-25)29-20-7-9-21(10-8-20)32-15-13-31(4)14-16-32/h6-11,17-18,34-36H,5,12-16H2,1-4H3,(H,28,29,30). The molecule has 0 radical (unpaired) electrons. The Balaban J connectivity index is 1.46. The Kier molecular flexibility index (Phi) is 6.80. The molecule has 9 nitrogen and oxygen atoms in total. The van der Waals surface area contributed by atoms with Crippen LogP contribution in [0, 0.1) is 0 Å². The molecule has 4 N–H and O–H groups in total. The molecule has 0 atom stereocenters. The van der Waals surface area contributed by atoms with Gasteiger partial charge in [0.2, 0.25) is 5.95 Å². The lowest BCUT2D eigenvalue weighted by molar-refractivity contribution is 0.0786. The predicted octanol–water partition coefficient (Wildman–Crippen LogP) is 5.12. The molecule has 0 saturated carbocycles. The molecule has 10 heteroatoms. The lowest BCUT2D eigenvalue weighted by Crippen LogP contribution is -2.44. The minimum Gasteiger partial charge on any atom is -0.386 e. The minimum atomic E-state index is -3.34. The van der Waals surface area contributed by atoms with Gasteiger partial charge < -0.3 is 20.2 Å². The quantitative estimate of drug-likeness (QED) is 0.349. The van der Waals surface area contributed by atoms with Crippen molar-refractivity contribution in [3.63, 3.8) is 0 Å². The summed E-state index contributed by atoms with van der Waals surface area (Å²) < 4.78 is 24.2. The highest BCUT2D eigenvalue weighted by Gasteiger charge is 2.37. The molecule has 37 heavy (non-hydrogen) atoms. The van der Waals surface area contributed by atoms with E-state index < -0.39 is 16.4 Å². The van der Waals surface area contributed by atoms with Crippen LogP contribution in [0.1, 0.15) is 32.8 Å². The molecule has 3 heterocycles. The van der Waals surface area contributed by atoms with Gasteiger partial charge in [0.25, 0.3) is 0 Å². The van der Waals surface area contributed by atoms with Crippen LogP contribution in [0.25, 0.3) is 11.3 Å². The van der Waals surface area contributed by atoms with E-state index in [1.807, 2.05) is 37.3 Å². The van der Waals surface area contributed by atoms with Crippen molar-refractivity contribution in [2.24, 2.45) is 0 Å². The summed E-state index contributed by atoms with van der Waals surface area (Å²) >= 11 is 0. The van der Waals surface area contributed by atoms with Crippen LogP contribution < -0.4 is 14.5 Å². The molecule has 1 fully saturated rings. The maximum absolute atomic E-state index is 11.3. The van der Waals surface area contributed by atoms with Crippen molar-refractivity contribution < 1.29 is 14.2 Å². The summed E-state index contributed by atoms with van der Waals surface area (Å²) in [4.78, 5) is 14.2. The van der Waals surface area contributed by atoms with Gasteiger partial charge in [-0.2, -0.15) is 0 Å². The van der Waals surface area contributed by atoms with Crippen molar-refractivity contribution in [1.82, 2.24) is 14.9 Å². The summed E-state index contributed by atoms with van der Waals surface area (Å²) in [6.07, 6.45) is 2.23. The molecule has 1 aromatic heterocycles. The molecule has 2 aromatic carbocycles. The topological polar surface area (TPSA) is 108 Å². The fourth-order valence-electron chi connectivity index (χ4n) is 4.80. The maximum Gasteiger partial charge on any atom is 0.227 e. The van der Waals surface area contributed by atoms with Crippen LogP contribution in [0.3, 0.4) is 0 Å². The highest BCUT2D eigenvalue weighted by atomic mass is 32.3. The van der Waals surface area contributed by atoms with Gasteiger partial charge >= 0.3 is 0 Å². The first kappa shape index (κ1) is 25.7. The minimum absolute atomic E-state index is 0.306.